The highest BCUT2D eigenvalue weighted by molar-refractivity contribution is 7.13. The highest BCUT2D eigenvalue weighted by Crippen LogP contribution is 2.17. The van der Waals surface area contributed by atoms with Gasteiger partial charge in [-0.25, -0.2) is 4.39 Å². The van der Waals surface area contributed by atoms with Crippen LogP contribution in [0.15, 0.2) is 24.3 Å². The van der Waals surface area contributed by atoms with Crippen LogP contribution in [-0.2, 0) is 11.2 Å². The fraction of sp³-hybridized carbons (Fsp3) is 0.412. The Morgan fingerprint density at radius 1 is 1.24 bits per heavy atom. The molecule has 0 radical (unpaired) electrons. The number of nitrogens with zero attached hydrogens (tertiary/aromatic N) is 3. The first-order valence-electron chi connectivity index (χ1n) is 8.29. The van der Waals surface area contributed by atoms with Crippen molar-refractivity contribution in [2.24, 2.45) is 0 Å². The zero-order valence-corrected chi connectivity index (χ0v) is 14.5. The van der Waals surface area contributed by atoms with Crippen molar-refractivity contribution in [2.75, 3.05) is 18.4 Å². The first kappa shape index (κ1) is 17.5. The molecule has 1 aromatic heterocycles. The normalized spacial score (nSPS) is 13.9. The highest BCUT2D eigenvalue weighted by Gasteiger charge is 2.18. The molecule has 2 aromatic rings. The molecule has 8 heteroatoms. The van der Waals surface area contributed by atoms with Crippen molar-refractivity contribution >= 4 is 28.8 Å². The molecule has 1 fully saturated rings. The average Bonchev–Trinajstić information content (AvgIpc) is 3.27. The Balaban J connectivity index is 1.48. The fourth-order valence-corrected chi connectivity index (χ4v) is 3.49. The van der Waals surface area contributed by atoms with Gasteiger partial charge in [0.05, 0.1) is 0 Å². The number of anilines is 1. The van der Waals surface area contributed by atoms with Crippen molar-refractivity contribution in [1.29, 1.82) is 0 Å². The zero-order valence-electron chi connectivity index (χ0n) is 13.7. The Morgan fingerprint density at radius 2 is 2.04 bits per heavy atom. The molecule has 0 bridgehead atoms. The van der Waals surface area contributed by atoms with Crippen LogP contribution in [0.2, 0.25) is 0 Å². The number of nitrogens with one attached hydrogen (secondary N) is 1. The van der Waals surface area contributed by atoms with Gasteiger partial charge in [0.25, 0.3) is 5.91 Å². The predicted molar refractivity (Wildman–Crippen MR) is 93.0 cm³/mol. The number of rotatable bonds is 6. The molecule has 0 aliphatic carbocycles. The van der Waals surface area contributed by atoms with Crippen LogP contribution in [-0.4, -0.2) is 40.0 Å². The first-order valence-corrected chi connectivity index (χ1v) is 9.10. The summed E-state index contributed by atoms with van der Waals surface area (Å²) in [5.41, 5.74) is 0.373. The Labute approximate surface area is 149 Å². The predicted octanol–water partition coefficient (Wildman–Crippen LogP) is 2.87. The van der Waals surface area contributed by atoms with E-state index in [1.807, 2.05) is 4.90 Å². The van der Waals surface area contributed by atoms with Crippen molar-refractivity contribution < 1.29 is 14.0 Å². The minimum Gasteiger partial charge on any atom is -0.343 e. The lowest BCUT2D eigenvalue weighted by atomic mass is 10.2. The average molecular weight is 362 g/mol. The maximum atomic E-state index is 13.1. The molecule has 0 atom stereocenters. The Kier molecular flexibility index (Phi) is 5.70. The van der Waals surface area contributed by atoms with Crippen molar-refractivity contribution in [3.05, 3.63) is 40.1 Å². The van der Waals surface area contributed by atoms with E-state index in [0.717, 1.165) is 30.9 Å². The molecule has 3 rings (SSSR count). The number of carbonyl (C=O) groups excluding carboxylic acids is 2. The first-order chi connectivity index (χ1) is 12.1. The van der Waals surface area contributed by atoms with Gasteiger partial charge in [-0.3, -0.25) is 9.59 Å². The number of aromatic nitrogens is 2. The summed E-state index contributed by atoms with van der Waals surface area (Å²) >= 11 is 1.20. The fourth-order valence-electron chi connectivity index (χ4n) is 2.71. The van der Waals surface area contributed by atoms with Crippen LogP contribution in [0.25, 0.3) is 0 Å². The van der Waals surface area contributed by atoms with Crippen LogP contribution in [0.5, 0.6) is 0 Å². The second-order valence-electron chi connectivity index (χ2n) is 5.91. The second kappa shape index (κ2) is 8.15. The number of carbonyl (C=O) groups is 2. The highest BCUT2D eigenvalue weighted by atomic mass is 32.1. The largest absolute Gasteiger partial charge is 0.343 e. The summed E-state index contributed by atoms with van der Waals surface area (Å²) in [6.07, 6.45) is 3.97. The second-order valence-corrected chi connectivity index (χ2v) is 6.97. The molecule has 1 N–H and O–H groups in total. The summed E-state index contributed by atoms with van der Waals surface area (Å²) < 4.78 is 13.1. The molecule has 0 spiro atoms. The molecule has 0 unspecified atom stereocenters. The van der Waals surface area contributed by atoms with Gasteiger partial charge in [0.1, 0.15) is 10.8 Å². The molecule has 6 nitrogen and oxygen atoms in total. The van der Waals surface area contributed by atoms with Crippen molar-refractivity contribution in [1.82, 2.24) is 15.1 Å². The standard InChI is InChI=1S/C17H19FN4O2S/c18-12-5-3-6-13(11-12)19-16(24)17-21-20-14(25-17)7-4-8-15(23)22-9-1-2-10-22/h3,5-6,11H,1-2,4,7-10H2,(H,19,24). The van der Waals surface area contributed by atoms with Crippen LogP contribution in [0.4, 0.5) is 10.1 Å². The number of hydrogen-bond donors (Lipinski definition) is 1. The lowest BCUT2D eigenvalue weighted by Gasteiger charge is -2.14. The molecule has 1 aliphatic heterocycles. The monoisotopic (exact) mass is 362 g/mol. The van der Waals surface area contributed by atoms with Crippen LogP contribution < -0.4 is 5.32 Å². The van der Waals surface area contributed by atoms with E-state index < -0.39 is 11.7 Å². The van der Waals surface area contributed by atoms with E-state index in [4.69, 9.17) is 0 Å². The molecule has 1 aliphatic rings. The van der Waals surface area contributed by atoms with Gasteiger partial charge in [0, 0.05) is 31.6 Å². The number of aryl methyl sites for hydroxylation is 1. The topological polar surface area (TPSA) is 75.2 Å². The number of hydrogen-bond acceptors (Lipinski definition) is 5. The number of likely N-dealkylation sites (tertiary alicyclic amines) is 1. The van der Waals surface area contributed by atoms with E-state index in [1.54, 1.807) is 6.07 Å². The summed E-state index contributed by atoms with van der Waals surface area (Å²) in [6.45, 7) is 1.73. The molecule has 1 aromatic carbocycles. The molecule has 1 saturated heterocycles. The molecular weight excluding hydrogens is 343 g/mol. The van der Waals surface area contributed by atoms with Gasteiger partial charge < -0.3 is 10.2 Å². The maximum Gasteiger partial charge on any atom is 0.286 e. The molecule has 2 amide bonds. The van der Waals surface area contributed by atoms with Crippen LogP contribution >= 0.6 is 11.3 Å². The third kappa shape index (κ3) is 4.82. The number of benzene rings is 1. The Morgan fingerprint density at radius 3 is 2.80 bits per heavy atom. The van der Waals surface area contributed by atoms with Crippen molar-refractivity contribution in [2.45, 2.75) is 32.1 Å². The lowest BCUT2D eigenvalue weighted by Crippen LogP contribution is -2.27. The Hall–Kier alpha value is -2.35. The van der Waals surface area contributed by atoms with E-state index in [0.29, 0.717) is 24.9 Å². The summed E-state index contributed by atoms with van der Waals surface area (Å²) in [6, 6.07) is 5.67. The number of halogens is 1. The third-order valence-electron chi connectivity index (χ3n) is 3.98. The maximum absolute atomic E-state index is 13.1. The van der Waals surface area contributed by atoms with Crippen LogP contribution in [0.1, 0.15) is 40.5 Å². The van der Waals surface area contributed by atoms with E-state index >= 15 is 0 Å². The van der Waals surface area contributed by atoms with Crippen molar-refractivity contribution in [3.8, 4) is 0 Å². The van der Waals surface area contributed by atoms with Gasteiger partial charge >= 0.3 is 0 Å². The quantitative estimate of drug-likeness (QED) is 0.857. The molecular formula is C17H19FN4O2S. The van der Waals surface area contributed by atoms with Crippen LogP contribution in [0, 0.1) is 5.82 Å². The molecule has 0 saturated carbocycles. The minimum atomic E-state index is -0.418. The summed E-state index contributed by atoms with van der Waals surface area (Å²) in [7, 11) is 0. The zero-order chi connectivity index (χ0) is 17.6. The van der Waals surface area contributed by atoms with Gasteiger partial charge in [-0.2, -0.15) is 0 Å². The van der Waals surface area contributed by atoms with Crippen molar-refractivity contribution in [3.63, 3.8) is 0 Å². The summed E-state index contributed by atoms with van der Waals surface area (Å²) in [5.74, 6) is -0.646. The van der Waals surface area contributed by atoms with E-state index in [9.17, 15) is 14.0 Å². The Bertz CT molecular complexity index is 759. The summed E-state index contributed by atoms with van der Waals surface area (Å²) in [4.78, 5) is 26.0. The summed E-state index contributed by atoms with van der Waals surface area (Å²) in [5, 5.41) is 11.4. The third-order valence-corrected chi connectivity index (χ3v) is 4.97. The van der Waals surface area contributed by atoms with E-state index in [-0.39, 0.29) is 10.9 Å². The van der Waals surface area contributed by atoms with Gasteiger partial charge in [-0.05, 0) is 37.5 Å². The number of amides is 2. The lowest BCUT2D eigenvalue weighted by molar-refractivity contribution is -0.130. The van der Waals surface area contributed by atoms with E-state index in [2.05, 4.69) is 15.5 Å². The molecule has 2 heterocycles. The van der Waals surface area contributed by atoms with Crippen LogP contribution in [0.3, 0.4) is 0 Å². The van der Waals surface area contributed by atoms with Gasteiger partial charge in [0.2, 0.25) is 10.9 Å². The smallest absolute Gasteiger partial charge is 0.286 e. The van der Waals surface area contributed by atoms with Gasteiger partial charge in [-0.15, -0.1) is 10.2 Å². The molecule has 25 heavy (non-hydrogen) atoms. The molecule has 132 valence electrons. The van der Waals surface area contributed by atoms with Gasteiger partial charge in [-0.1, -0.05) is 17.4 Å². The van der Waals surface area contributed by atoms with Gasteiger partial charge in [0.15, 0.2) is 0 Å². The SMILES string of the molecule is O=C(Nc1cccc(F)c1)c1nnc(CCCC(=O)N2CCCC2)s1. The minimum absolute atomic E-state index is 0.186. The van der Waals surface area contributed by atoms with E-state index in [1.165, 1.54) is 29.5 Å².